The Morgan fingerprint density at radius 3 is 1.15 bits per heavy atom. The summed E-state index contributed by atoms with van der Waals surface area (Å²) in [4.78, 5) is 0. The topological polar surface area (TPSA) is 0 Å². The Hall–Kier alpha value is -2.55. The number of hydrogen-bond donors (Lipinski definition) is 0. The predicted molar refractivity (Wildman–Crippen MR) is 206 cm³/mol. The third-order valence-corrected chi connectivity index (χ3v) is 96.4. The van der Waals surface area contributed by atoms with E-state index in [9.17, 15) is 0 Å². The third kappa shape index (κ3) is 4.17. The van der Waals surface area contributed by atoms with Gasteiger partial charge in [-0.2, -0.15) is 0 Å². The van der Waals surface area contributed by atoms with Crippen molar-refractivity contribution in [3.8, 4) is 22.3 Å². The van der Waals surface area contributed by atoms with E-state index in [1.54, 1.807) is 11.1 Å². The number of fused-ring (bicyclic) bond motifs is 2. The van der Waals surface area contributed by atoms with Gasteiger partial charge in [-0.3, -0.25) is 0 Å². The predicted octanol–water partition coefficient (Wildman–Crippen LogP) is 13.2. The summed E-state index contributed by atoms with van der Waals surface area (Å²) in [6, 6.07) is 32.9. The van der Waals surface area contributed by atoms with Gasteiger partial charge in [0.25, 0.3) is 0 Å². The molecule has 0 spiro atoms. The van der Waals surface area contributed by atoms with Gasteiger partial charge >= 0.3 is 277 Å². The number of rotatable bonds is 8. The van der Waals surface area contributed by atoms with Crippen LogP contribution in [0.3, 0.4) is 0 Å². The fourth-order valence-corrected chi connectivity index (χ4v) is 50.7. The van der Waals surface area contributed by atoms with Gasteiger partial charge in [0.2, 0.25) is 0 Å². The Kier molecular flexibility index (Phi) is 7.41. The molecule has 0 saturated heterocycles. The minimum absolute atomic E-state index is 0.391. The van der Waals surface area contributed by atoms with Crippen molar-refractivity contribution in [3.63, 3.8) is 0 Å². The van der Waals surface area contributed by atoms with Gasteiger partial charge < -0.3 is 0 Å². The van der Waals surface area contributed by atoms with E-state index in [-0.39, 0.29) is 0 Å². The first-order chi connectivity index (χ1) is 21.5. The van der Waals surface area contributed by atoms with Crippen molar-refractivity contribution in [2.24, 2.45) is 0 Å². The van der Waals surface area contributed by atoms with Crippen molar-refractivity contribution in [2.75, 3.05) is 0 Å². The summed E-state index contributed by atoms with van der Waals surface area (Å²) in [7, 11) is 0. The minimum atomic E-state index is -5.21. The Labute approximate surface area is 275 Å². The first-order valence-electron chi connectivity index (χ1n) is 17.8. The molecule has 2 unspecified atom stereocenters. The monoisotopic (exact) mass is 792 g/mol. The van der Waals surface area contributed by atoms with Crippen LogP contribution < -0.4 is 0 Å². The average molecular weight is 792 g/mol. The van der Waals surface area contributed by atoms with Crippen molar-refractivity contribution in [2.45, 2.75) is 91.3 Å². The van der Waals surface area contributed by atoms with E-state index in [0.717, 1.165) is 0 Å². The summed E-state index contributed by atoms with van der Waals surface area (Å²) in [5.74, 6) is 1.07. The van der Waals surface area contributed by atoms with Crippen LogP contribution in [0.5, 0.6) is 0 Å². The molecule has 4 aromatic carbocycles. The van der Waals surface area contributed by atoms with E-state index in [1.807, 2.05) is 0 Å². The second kappa shape index (κ2) is 10.2. The van der Waals surface area contributed by atoms with Crippen LogP contribution in [0.1, 0.15) is 108 Å². The van der Waals surface area contributed by atoms with Gasteiger partial charge in [0.05, 0.1) is 0 Å². The van der Waals surface area contributed by atoms with Crippen LogP contribution in [0.2, 0.25) is 16.7 Å². The molecule has 0 aliphatic heterocycles. The molecular formula is C44H56HfSi. The number of hydrogen-bond acceptors (Lipinski definition) is 0. The van der Waals surface area contributed by atoms with Gasteiger partial charge in [-0.15, -0.1) is 0 Å². The van der Waals surface area contributed by atoms with Crippen LogP contribution in [0.4, 0.5) is 0 Å². The number of allylic oxidation sites excluding steroid dienone is 2. The van der Waals surface area contributed by atoms with E-state index in [0.29, 0.717) is 26.5 Å². The molecular weight excluding hydrogens is 735 g/mol. The summed E-state index contributed by atoms with van der Waals surface area (Å²) in [6.07, 6.45) is 10.3. The van der Waals surface area contributed by atoms with Gasteiger partial charge in [0, 0.05) is 0 Å². The van der Waals surface area contributed by atoms with E-state index in [2.05, 4.69) is 181 Å². The van der Waals surface area contributed by atoms with Crippen molar-refractivity contribution in [1.82, 2.24) is 0 Å². The van der Waals surface area contributed by atoms with Crippen LogP contribution in [-0.4, -0.2) is 6.94 Å². The van der Waals surface area contributed by atoms with Crippen LogP contribution in [0.15, 0.2) is 97.1 Å². The molecule has 46 heavy (non-hydrogen) atoms. The standard InChI is InChI=1S/2C18H17.2C3H7.2CH3.Hf.H2Si/c2*1-13(2)14-9-11-16(12-10-14)18-8-4-6-15-5-3-7-17(15)18;2*1-3-2;;;;/h2*3-13H,1-2H3;2*3H,1-2H3;2*1H3;;1H2. The normalized spacial score (nSPS) is 19.7. The van der Waals surface area contributed by atoms with Crippen LogP contribution >= 0.6 is 0 Å². The molecule has 0 nitrogen and oxygen atoms in total. The molecule has 0 N–H and O–H groups in total. The molecule has 0 amide bonds. The molecule has 4 aromatic rings. The average Bonchev–Trinajstić information content (AvgIpc) is 3.68. The second-order valence-electron chi connectivity index (χ2n) is 18.5. The van der Waals surface area contributed by atoms with Gasteiger partial charge in [-0.25, -0.2) is 0 Å². The maximum absolute atomic E-state index is 5.21. The van der Waals surface area contributed by atoms with Crippen LogP contribution in [0.25, 0.3) is 34.4 Å². The first kappa shape index (κ1) is 33.4. The molecule has 0 bridgehead atoms. The summed E-state index contributed by atoms with van der Waals surface area (Å²) in [5.41, 5.74) is 14.1. The molecule has 2 aliphatic carbocycles. The van der Waals surface area contributed by atoms with Gasteiger partial charge in [-0.1, -0.05) is 0 Å². The van der Waals surface area contributed by atoms with Gasteiger partial charge in [0.15, 0.2) is 0 Å². The maximum atomic E-state index is 2.88. The zero-order valence-electron chi connectivity index (χ0n) is 30.1. The zero-order valence-corrected chi connectivity index (χ0v) is 35.1. The van der Waals surface area contributed by atoms with E-state index in [4.69, 9.17) is 0 Å². The SMILES string of the molecule is CC(C)c1ccc(-c2cccc3c2C=C[CH]3[Hf]([CH3])([CH3])(=[SiH2])([CH](C)C)([CH](C)C)[CH]2C=Cc3c(-c4ccc(C(C)C)cc4)cccc32)cc1. The Balaban J connectivity index is 1.57. The third-order valence-electron chi connectivity index (χ3n) is 15.5. The van der Waals surface area contributed by atoms with E-state index in [1.165, 1.54) is 44.5 Å². The fraction of sp³-hybridized carbons (Fsp3) is 0.364. The van der Waals surface area contributed by atoms with Gasteiger partial charge in [0.1, 0.15) is 0 Å². The summed E-state index contributed by atoms with van der Waals surface area (Å²) >= 11 is -5.21. The quantitative estimate of drug-likeness (QED) is 0.156. The molecule has 2 heteroatoms. The molecule has 2 aliphatic rings. The number of benzene rings is 4. The summed E-state index contributed by atoms with van der Waals surface area (Å²) in [5, 5.41) is 0. The van der Waals surface area contributed by atoms with Crippen molar-refractivity contribution in [1.29, 1.82) is 0 Å². The molecule has 2 atom stereocenters. The van der Waals surface area contributed by atoms with Crippen LogP contribution in [0, 0.1) is 0 Å². The Morgan fingerprint density at radius 2 is 0.848 bits per heavy atom. The molecule has 0 heterocycles. The molecule has 0 fully saturated rings. The van der Waals surface area contributed by atoms with Crippen molar-refractivity contribution < 1.29 is 14.2 Å². The van der Waals surface area contributed by atoms with Crippen molar-refractivity contribution in [3.05, 3.63) is 130 Å². The fourth-order valence-electron chi connectivity index (χ4n) is 9.80. The molecule has 240 valence electrons. The van der Waals surface area contributed by atoms with E-state index >= 15 is 0 Å². The molecule has 0 saturated carbocycles. The molecule has 0 radical (unpaired) electrons. The van der Waals surface area contributed by atoms with Crippen LogP contribution in [-0.2, 0) is 14.2 Å². The second-order valence-corrected chi connectivity index (χ2v) is 94.5. The Bertz CT molecular complexity index is 1880. The Morgan fingerprint density at radius 1 is 0.500 bits per heavy atom. The summed E-state index contributed by atoms with van der Waals surface area (Å²) < 4.78 is 7.60. The molecule has 6 rings (SSSR count). The first-order valence-corrected chi connectivity index (χ1v) is 41.6. The zero-order chi connectivity index (χ0) is 33.3. The van der Waals surface area contributed by atoms with Gasteiger partial charge in [-0.05, 0) is 0 Å². The van der Waals surface area contributed by atoms with E-state index < -0.39 is 14.2 Å². The molecule has 0 aromatic heterocycles. The van der Waals surface area contributed by atoms with Crippen molar-refractivity contribution >= 4 is 19.1 Å². The summed E-state index contributed by atoms with van der Waals surface area (Å²) in [6.45, 7) is 22.0.